The molecule has 0 saturated carbocycles. The van der Waals surface area contributed by atoms with E-state index in [1.807, 2.05) is 29.6 Å². The Morgan fingerprint density at radius 1 is 1.26 bits per heavy atom. The number of rotatable bonds is 5. The van der Waals surface area contributed by atoms with Gasteiger partial charge in [-0.15, -0.1) is 22.7 Å². The molecule has 0 bridgehead atoms. The van der Waals surface area contributed by atoms with Gasteiger partial charge in [-0.25, -0.2) is 4.98 Å². The highest BCUT2D eigenvalue weighted by Crippen LogP contribution is 2.31. The molecule has 1 N–H and O–H groups in total. The number of hydrogen-bond acceptors (Lipinski definition) is 7. The summed E-state index contributed by atoms with van der Waals surface area (Å²) in [5.41, 5.74) is 2.62. The van der Waals surface area contributed by atoms with E-state index in [1.165, 1.54) is 16.2 Å². The number of carbonyl (C=O) groups is 1. The van der Waals surface area contributed by atoms with Gasteiger partial charge in [-0.3, -0.25) is 15.1 Å². The lowest BCUT2D eigenvalue weighted by molar-refractivity contribution is 0.102. The average Bonchev–Trinajstić information content (AvgIpc) is 3.42. The molecule has 27 heavy (non-hydrogen) atoms. The zero-order valence-electron chi connectivity index (χ0n) is 14.6. The van der Waals surface area contributed by atoms with E-state index in [9.17, 15) is 4.79 Å². The number of thioether (sulfide) groups is 2. The molecule has 0 spiro atoms. The molecular formula is C19H17N3OS4. The van der Waals surface area contributed by atoms with Crippen molar-refractivity contribution in [2.75, 3.05) is 17.6 Å². The Labute approximate surface area is 174 Å². The molecule has 3 aromatic rings. The van der Waals surface area contributed by atoms with Gasteiger partial charge in [-0.2, -0.15) is 0 Å². The Morgan fingerprint density at radius 3 is 2.93 bits per heavy atom. The van der Waals surface area contributed by atoms with Gasteiger partial charge in [0, 0.05) is 27.3 Å². The first-order valence-electron chi connectivity index (χ1n) is 8.41. The zero-order valence-corrected chi connectivity index (χ0v) is 17.9. The highest BCUT2D eigenvalue weighted by Gasteiger charge is 2.15. The molecule has 0 radical (unpaired) electrons. The van der Waals surface area contributed by atoms with Crippen molar-refractivity contribution in [3.05, 3.63) is 57.8 Å². The van der Waals surface area contributed by atoms with Crippen molar-refractivity contribution in [2.45, 2.75) is 12.7 Å². The van der Waals surface area contributed by atoms with E-state index in [4.69, 9.17) is 0 Å². The van der Waals surface area contributed by atoms with E-state index < -0.39 is 0 Å². The monoisotopic (exact) mass is 431 g/mol. The van der Waals surface area contributed by atoms with Crippen molar-refractivity contribution in [1.29, 1.82) is 0 Å². The minimum absolute atomic E-state index is 0.115. The molecule has 4 rings (SSSR count). The molecule has 0 fully saturated rings. The molecule has 0 saturated heterocycles. The van der Waals surface area contributed by atoms with E-state index in [0.717, 1.165) is 38.6 Å². The van der Waals surface area contributed by atoms with Crippen molar-refractivity contribution in [1.82, 2.24) is 4.98 Å². The molecule has 0 atom stereocenters. The number of benzene rings is 1. The fourth-order valence-corrected chi connectivity index (χ4v) is 6.21. The molecule has 1 aliphatic heterocycles. The number of aryl methyl sites for hydroxylation is 1. The largest absolute Gasteiger partial charge is 0.298 e. The normalized spacial score (nSPS) is 13.6. The molecule has 4 nitrogen and oxygen atoms in total. The van der Waals surface area contributed by atoms with Crippen molar-refractivity contribution >= 4 is 61.6 Å². The lowest BCUT2D eigenvalue weighted by Gasteiger charge is -2.08. The topological polar surface area (TPSA) is 54.4 Å². The van der Waals surface area contributed by atoms with Crippen LogP contribution < -0.4 is 5.32 Å². The third kappa shape index (κ3) is 4.63. The van der Waals surface area contributed by atoms with Crippen LogP contribution in [0.5, 0.6) is 0 Å². The summed E-state index contributed by atoms with van der Waals surface area (Å²) in [6.07, 6.45) is 0. The number of nitrogens with one attached hydrogen (secondary N) is 1. The van der Waals surface area contributed by atoms with E-state index in [-0.39, 0.29) is 5.91 Å². The second kappa shape index (κ2) is 8.60. The summed E-state index contributed by atoms with van der Waals surface area (Å²) in [6, 6.07) is 11.9. The second-order valence-electron chi connectivity index (χ2n) is 5.84. The summed E-state index contributed by atoms with van der Waals surface area (Å²) in [5, 5.41) is 5.56. The zero-order chi connectivity index (χ0) is 18.6. The number of hydrogen-bond donors (Lipinski definition) is 1. The predicted octanol–water partition coefficient (Wildman–Crippen LogP) is 5.77. The molecule has 3 heterocycles. The number of anilines is 1. The maximum atomic E-state index is 12.8. The summed E-state index contributed by atoms with van der Waals surface area (Å²) in [7, 11) is 0. The third-order valence-corrected chi connectivity index (χ3v) is 7.97. The van der Waals surface area contributed by atoms with Crippen LogP contribution in [-0.2, 0) is 5.75 Å². The van der Waals surface area contributed by atoms with Crippen LogP contribution in [0.4, 0.5) is 5.13 Å². The number of thiophene rings is 1. The van der Waals surface area contributed by atoms with Crippen LogP contribution in [0.3, 0.4) is 0 Å². The molecule has 1 aromatic carbocycles. The molecule has 0 aliphatic carbocycles. The first-order chi connectivity index (χ1) is 13.2. The minimum atomic E-state index is -0.115. The molecule has 138 valence electrons. The summed E-state index contributed by atoms with van der Waals surface area (Å²) in [4.78, 5) is 24.2. The molecular weight excluding hydrogens is 414 g/mol. The maximum absolute atomic E-state index is 12.8. The van der Waals surface area contributed by atoms with Crippen LogP contribution in [0.15, 0.2) is 46.8 Å². The first-order valence-corrected chi connectivity index (χ1v) is 12.1. The Bertz CT molecular complexity index is 992. The van der Waals surface area contributed by atoms with Crippen molar-refractivity contribution < 1.29 is 4.79 Å². The van der Waals surface area contributed by atoms with Crippen molar-refractivity contribution in [3.63, 3.8) is 0 Å². The standard InChI is InChI=1S/C19H17N3OS4/c1-12-6-7-16(27-12)15-11-25-18(21-15)22-17(23)14-5-3-2-4-13(14)10-26-19-20-8-9-24-19/h2-7,11H,8-10H2,1H3,(H,21,22,23). The van der Waals surface area contributed by atoms with Crippen molar-refractivity contribution in [2.24, 2.45) is 4.99 Å². The number of aromatic nitrogens is 1. The highest BCUT2D eigenvalue weighted by atomic mass is 32.2. The van der Waals surface area contributed by atoms with Crippen LogP contribution in [0, 0.1) is 6.92 Å². The first kappa shape index (κ1) is 18.7. The second-order valence-corrected chi connectivity index (χ2v) is 10.3. The average molecular weight is 432 g/mol. The van der Waals surface area contributed by atoms with Gasteiger partial charge >= 0.3 is 0 Å². The van der Waals surface area contributed by atoms with Crippen LogP contribution >= 0.6 is 46.2 Å². The molecule has 0 unspecified atom stereocenters. The smallest absolute Gasteiger partial charge is 0.257 e. The number of nitrogens with zero attached hydrogens (tertiary/aromatic N) is 2. The van der Waals surface area contributed by atoms with Crippen LogP contribution in [0.25, 0.3) is 10.6 Å². The summed E-state index contributed by atoms with van der Waals surface area (Å²) < 4.78 is 1.11. The fourth-order valence-electron chi connectivity index (χ4n) is 2.59. The Kier molecular flexibility index (Phi) is 5.97. The number of aliphatic imine (C=N–C) groups is 1. The van der Waals surface area contributed by atoms with Crippen LogP contribution in [0.1, 0.15) is 20.8 Å². The van der Waals surface area contributed by atoms with Gasteiger partial charge in [-0.05, 0) is 30.7 Å². The van der Waals surface area contributed by atoms with E-state index in [0.29, 0.717) is 10.7 Å². The quantitative estimate of drug-likeness (QED) is 0.557. The van der Waals surface area contributed by atoms with E-state index >= 15 is 0 Å². The van der Waals surface area contributed by atoms with Gasteiger partial charge in [0.2, 0.25) is 0 Å². The van der Waals surface area contributed by atoms with Gasteiger partial charge in [0.1, 0.15) is 4.38 Å². The van der Waals surface area contributed by atoms with E-state index in [1.54, 1.807) is 34.9 Å². The number of thiazole rings is 1. The minimum Gasteiger partial charge on any atom is -0.298 e. The predicted molar refractivity (Wildman–Crippen MR) is 121 cm³/mol. The lowest BCUT2D eigenvalue weighted by atomic mass is 10.1. The molecule has 2 aromatic heterocycles. The maximum Gasteiger partial charge on any atom is 0.257 e. The SMILES string of the molecule is Cc1ccc(-c2csc(NC(=O)c3ccccc3CSC3=NCCS3)n2)s1. The Balaban J connectivity index is 1.46. The lowest BCUT2D eigenvalue weighted by Crippen LogP contribution is -2.14. The van der Waals surface area contributed by atoms with Gasteiger partial charge in [-0.1, -0.05) is 41.7 Å². The molecule has 1 aliphatic rings. The highest BCUT2D eigenvalue weighted by molar-refractivity contribution is 8.38. The van der Waals surface area contributed by atoms with E-state index in [2.05, 4.69) is 34.3 Å². The molecule has 8 heteroatoms. The summed E-state index contributed by atoms with van der Waals surface area (Å²) in [6.45, 7) is 2.97. The van der Waals surface area contributed by atoms with Crippen LogP contribution in [-0.4, -0.2) is 27.6 Å². The number of carbonyl (C=O) groups excluding carboxylic acids is 1. The fraction of sp³-hybridized carbons (Fsp3) is 0.211. The third-order valence-electron chi connectivity index (χ3n) is 3.89. The van der Waals surface area contributed by atoms with Gasteiger partial charge < -0.3 is 0 Å². The Morgan fingerprint density at radius 2 is 2.15 bits per heavy atom. The van der Waals surface area contributed by atoms with Gasteiger partial charge in [0.15, 0.2) is 5.13 Å². The van der Waals surface area contributed by atoms with Gasteiger partial charge in [0.05, 0.1) is 17.1 Å². The van der Waals surface area contributed by atoms with Gasteiger partial charge in [0.25, 0.3) is 5.91 Å². The Hall–Kier alpha value is -1.61. The summed E-state index contributed by atoms with van der Waals surface area (Å²) >= 11 is 6.64. The number of amides is 1. The van der Waals surface area contributed by atoms with Crippen LogP contribution in [0.2, 0.25) is 0 Å². The van der Waals surface area contributed by atoms with Crippen molar-refractivity contribution in [3.8, 4) is 10.6 Å². The molecule has 1 amide bonds. The summed E-state index contributed by atoms with van der Waals surface area (Å²) in [5.74, 6) is 1.68.